The highest BCUT2D eigenvalue weighted by molar-refractivity contribution is 5.57. The van der Waals surface area contributed by atoms with E-state index >= 15 is 0 Å². The van der Waals surface area contributed by atoms with Gasteiger partial charge in [0.2, 0.25) is 0 Å². The van der Waals surface area contributed by atoms with Gasteiger partial charge in [-0.1, -0.05) is 114 Å². The Kier molecular flexibility index (Phi) is 14.9. The van der Waals surface area contributed by atoms with Crippen LogP contribution >= 0.6 is 0 Å². The molecule has 3 heteroatoms. The molecule has 0 aliphatic heterocycles. The number of ether oxygens (including phenoxy) is 1. The molecule has 0 saturated carbocycles. The summed E-state index contributed by atoms with van der Waals surface area (Å²) in [4.78, 5) is 11.6. The largest absolute Gasteiger partial charge is 0.506 e. The molecule has 1 atom stereocenters. The van der Waals surface area contributed by atoms with Gasteiger partial charge in [0.05, 0.1) is 0 Å². The maximum Gasteiger partial charge on any atom is 0.506 e. The summed E-state index contributed by atoms with van der Waals surface area (Å²) >= 11 is 0. The van der Waals surface area contributed by atoms with E-state index < -0.39 is 6.16 Å². The summed E-state index contributed by atoms with van der Waals surface area (Å²) in [5.41, 5.74) is 5.28. The second-order valence-electron chi connectivity index (χ2n) is 9.92. The second kappa shape index (κ2) is 18.0. The van der Waals surface area contributed by atoms with Gasteiger partial charge in [-0.15, -0.1) is 0 Å². The van der Waals surface area contributed by atoms with Crippen molar-refractivity contribution in [1.29, 1.82) is 0 Å². The fraction of sp³-hybridized carbons (Fsp3) is 0.594. The Balaban J connectivity index is 1.90. The average Bonchev–Trinajstić information content (AvgIpc) is 2.86. The van der Waals surface area contributed by atoms with Gasteiger partial charge in [0.15, 0.2) is 0 Å². The fourth-order valence-electron chi connectivity index (χ4n) is 5.02. The van der Waals surface area contributed by atoms with Crippen LogP contribution in [0.1, 0.15) is 126 Å². The van der Waals surface area contributed by atoms with Gasteiger partial charge in [-0.3, -0.25) is 0 Å². The lowest BCUT2D eigenvalue weighted by Gasteiger charge is -2.22. The molecule has 194 valence electrons. The zero-order chi connectivity index (χ0) is 25.1. The summed E-state index contributed by atoms with van der Waals surface area (Å²) < 4.78 is 5.47. The first kappa shape index (κ1) is 28.9. The molecule has 0 amide bonds. The molecule has 1 N–H and O–H groups in total. The molecule has 3 nitrogen and oxygen atoms in total. The lowest BCUT2D eigenvalue weighted by Crippen LogP contribution is -2.13. The quantitative estimate of drug-likeness (QED) is 0.161. The maximum absolute atomic E-state index is 11.6. The maximum atomic E-state index is 11.6. The van der Waals surface area contributed by atoms with E-state index in [2.05, 4.69) is 62.4 Å². The van der Waals surface area contributed by atoms with Crippen molar-refractivity contribution in [1.82, 2.24) is 0 Å². The van der Waals surface area contributed by atoms with Crippen molar-refractivity contribution in [3.8, 4) is 0 Å². The standard InChI is InChI=1S/C32H48O3/c1-3-5-12-22-28-23-18-25-30(29(28)24-13-6-4-2)31(35-32(33)34)26-17-10-8-7-9-14-19-27-20-15-11-16-21-27/h11,15-16,18,20-21,23,25,31H,3-10,12-14,17,19,22,24,26H2,1-2H3,(H,33,34). The van der Waals surface area contributed by atoms with Crippen LogP contribution in [0.5, 0.6) is 0 Å². The summed E-state index contributed by atoms with van der Waals surface area (Å²) in [5, 5.41) is 9.46. The first-order valence-corrected chi connectivity index (χ1v) is 14.2. The Hall–Kier alpha value is -2.29. The van der Waals surface area contributed by atoms with E-state index in [1.165, 1.54) is 74.5 Å². The van der Waals surface area contributed by atoms with Crippen molar-refractivity contribution in [3.05, 3.63) is 70.8 Å². The summed E-state index contributed by atoms with van der Waals surface area (Å²) in [6, 6.07) is 17.2. The molecule has 35 heavy (non-hydrogen) atoms. The predicted octanol–water partition coefficient (Wildman–Crippen LogP) is 9.86. The third kappa shape index (κ3) is 11.8. The minimum Gasteiger partial charge on any atom is -0.450 e. The van der Waals surface area contributed by atoms with Crippen molar-refractivity contribution >= 4 is 6.16 Å². The predicted molar refractivity (Wildman–Crippen MR) is 147 cm³/mol. The lowest BCUT2D eigenvalue weighted by molar-refractivity contribution is 0.0460. The van der Waals surface area contributed by atoms with Crippen LogP contribution < -0.4 is 0 Å². The molecule has 0 heterocycles. The van der Waals surface area contributed by atoms with Crippen molar-refractivity contribution < 1.29 is 14.6 Å². The van der Waals surface area contributed by atoms with Gasteiger partial charge < -0.3 is 9.84 Å². The Bertz CT molecular complexity index is 815. The van der Waals surface area contributed by atoms with E-state index in [4.69, 9.17) is 4.74 Å². The summed E-state index contributed by atoms with van der Waals surface area (Å²) in [6.07, 6.45) is 16.8. The third-order valence-corrected chi connectivity index (χ3v) is 7.00. The summed E-state index contributed by atoms with van der Waals surface area (Å²) in [5.74, 6) is 0. The number of carboxylic acid groups (broad SMARTS) is 1. The van der Waals surface area contributed by atoms with Crippen LogP contribution in [0.15, 0.2) is 48.5 Å². The van der Waals surface area contributed by atoms with Gasteiger partial charge in [-0.2, -0.15) is 0 Å². The zero-order valence-electron chi connectivity index (χ0n) is 22.3. The van der Waals surface area contributed by atoms with Gasteiger partial charge in [-0.25, -0.2) is 4.79 Å². The Morgan fingerprint density at radius 3 is 2.03 bits per heavy atom. The Morgan fingerprint density at radius 2 is 1.34 bits per heavy atom. The zero-order valence-corrected chi connectivity index (χ0v) is 22.3. The third-order valence-electron chi connectivity index (χ3n) is 7.00. The molecule has 2 rings (SSSR count). The molecular formula is C32H48O3. The topological polar surface area (TPSA) is 46.5 Å². The van der Waals surface area contributed by atoms with Crippen molar-refractivity contribution in [3.63, 3.8) is 0 Å². The molecule has 1 unspecified atom stereocenters. The van der Waals surface area contributed by atoms with Crippen LogP contribution in [0, 0.1) is 0 Å². The monoisotopic (exact) mass is 480 g/mol. The van der Waals surface area contributed by atoms with Crippen LogP contribution in [0.3, 0.4) is 0 Å². The van der Waals surface area contributed by atoms with Crippen LogP contribution in [-0.2, 0) is 24.0 Å². The highest BCUT2D eigenvalue weighted by atomic mass is 16.7. The smallest absolute Gasteiger partial charge is 0.450 e. The van der Waals surface area contributed by atoms with Crippen LogP contribution in [-0.4, -0.2) is 11.3 Å². The van der Waals surface area contributed by atoms with Crippen molar-refractivity contribution in [2.24, 2.45) is 0 Å². The van der Waals surface area contributed by atoms with Gasteiger partial charge in [0, 0.05) is 0 Å². The molecular weight excluding hydrogens is 432 g/mol. The molecule has 0 spiro atoms. The first-order valence-electron chi connectivity index (χ1n) is 14.2. The normalized spacial score (nSPS) is 11.9. The molecule has 0 aliphatic carbocycles. The summed E-state index contributed by atoms with van der Waals surface area (Å²) in [6.45, 7) is 4.46. The molecule has 0 radical (unpaired) electrons. The number of benzene rings is 2. The van der Waals surface area contributed by atoms with E-state index in [9.17, 15) is 9.90 Å². The van der Waals surface area contributed by atoms with Gasteiger partial charge in [-0.05, 0) is 73.6 Å². The Labute approximate surface area is 214 Å². The Morgan fingerprint density at radius 1 is 0.714 bits per heavy atom. The number of aryl methyl sites for hydroxylation is 2. The number of unbranched alkanes of at least 4 members (excludes halogenated alkanes) is 9. The molecule has 0 aliphatic rings. The van der Waals surface area contributed by atoms with E-state index in [0.717, 1.165) is 50.5 Å². The first-order chi connectivity index (χ1) is 17.2. The number of hydrogen-bond acceptors (Lipinski definition) is 2. The van der Waals surface area contributed by atoms with Crippen molar-refractivity contribution in [2.75, 3.05) is 0 Å². The van der Waals surface area contributed by atoms with Crippen LogP contribution in [0.2, 0.25) is 0 Å². The minimum absolute atomic E-state index is 0.353. The molecule has 0 fully saturated rings. The van der Waals surface area contributed by atoms with Crippen LogP contribution in [0.25, 0.3) is 0 Å². The van der Waals surface area contributed by atoms with E-state index in [1.807, 2.05) is 0 Å². The molecule has 2 aromatic carbocycles. The molecule has 0 bridgehead atoms. The minimum atomic E-state index is -1.16. The SMILES string of the molecule is CCCCCc1cccc(C(CCCCCCCCc2ccccc2)OC(=O)O)c1CCCCC. The number of rotatable bonds is 19. The fourth-order valence-corrected chi connectivity index (χ4v) is 5.02. The highest BCUT2D eigenvalue weighted by Gasteiger charge is 2.21. The van der Waals surface area contributed by atoms with Crippen molar-refractivity contribution in [2.45, 2.75) is 123 Å². The van der Waals surface area contributed by atoms with E-state index in [-0.39, 0.29) is 6.10 Å². The highest BCUT2D eigenvalue weighted by Crippen LogP contribution is 2.31. The average molecular weight is 481 g/mol. The lowest BCUT2D eigenvalue weighted by atomic mass is 9.89. The molecule has 0 aromatic heterocycles. The van der Waals surface area contributed by atoms with E-state index in [1.54, 1.807) is 0 Å². The number of hydrogen-bond donors (Lipinski definition) is 1. The van der Waals surface area contributed by atoms with E-state index in [0.29, 0.717) is 0 Å². The van der Waals surface area contributed by atoms with Gasteiger partial charge in [0.25, 0.3) is 0 Å². The summed E-state index contributed by atoms with van der Waals surface area (Å²) in [7, 11) is 0. The van der Waals surface area contributed by atoms with Gasteiger partial charge >= 0.3 is 6.16 Å². The van der Waals surface area contributed by atoms with Gasteiger partial charge in [0.1, 0.15) is 6.10 Å². The molecule has 0 saturated heterocycles. The second-order valence-corrected chi connectivity index (χ2v) is 9.92. The van der Waals surface area contributed by atoms with Crippen LogP contribution in [0.4, 0.5) is 4.79 Å². The number of carbonyl (C=O) groups is 1. The molecule has 2 aromatic rings.